The minimum absolute atomic E-state index is 0.871. The van der Waals surface area contributed by atoms with Crippen LogP contribution in [-0.2, 0) is 8.46 Å². The Morgan fingerprint density at radius 3 is 1.26 bits per heavy atom. The van der Waals surface area contributed by atoms with Gasteiger partial charge < -0.3 is 0 Å². The molecule has 0 aliphatic carbocycles. The van der Waals surface area contributed by atoms with E-state index in [2.05, 4.69) is 105 Å². The second kappa shape index (κ2) is 12.8. The standard InChI is InChI=1S/C25H27N3.Fe.2HI/c1-16-10-7-11-17(2)24(16)26-20(5)22-14-9-15-23(28-22)21(6)27-25-18(3)12-8-13-19(25)4;;;/h7-15H,1-6H3;;2*1H/q;+2;;/p-2. The summed E-state index contributed by atoms with van der Waals surface area (Å²) in [7, 11) is 1.19. The van der Waals surface area contributed by atoms with E-state index in [9.17, 15) is 0 Å². The molecule has 1 aromatic heterocycles. The Labute approximate surface area is 214 Å². The van der Waals surface area contributed by atoms with Crippen LogP contribution >= 0.6 is 40.7 Å². The van der Waals surface area contributed by atoms with Crippen molar-refractivity contribution in [2.24, 2.45) is 9.98 Å². The van der Waals surface area contributed by atoms with Gasteiger partial charge in [-0.2, -0.15) is 0 Å². The number of hydrogen-bond donors (Lipinski definition) is 0. The number of pyridine rings is 1. The van der Waals surface area contributed by atoms with Crippen LogP contribution in [0.4, 0.5) is 11.4 Å². The van der Waals surface area contributed by atoms with Crippen molar-refractivity contribution in [2.45, 2.75) is 41.5 Å². The number of aliphatic imine (C=N–C) groups is 2. The molecule has 0 atom stereocenters. The van der Waals surface area contributed by atoms with Gasteiger partial charge in [0.15, 0.2) is 0 Å². The molecule has 3 aromatic rings. The Balaban J connectivity index is 0.00000107. The molecule has 0 spiro atoms. The first-order valence-electron chi connectivity index (χ1n) is 9.84. The number of aryl methyl sites for hydroxylation is 4. The fourth-order valence-corrected chi connectivity index (χ4v) is 3.25. The van der Waals surface area contributed by atoms with Gasteiger partial charge in [0.05, 0.1) is 34.2 Å². The van der Waals surface area contributed by atoms with Crippen LogP contribution in [0, 0.1) is 27.7 Å². The van der Waals surface area contributed by atoms with Crippen LogP contribution in [0.15, 0.2) is 64.6 Å². The average molecular weight is 679 g/mol. The average Bonchev–Trinajstić information content (AvgIpc) is 2.74. The minimum atomic E-state index is 0.871. The van der Waals surface area contributed by atoms with Gasteiger partial charge in [-0.05, 0) is 75.9 Å². The molecule has 0 saturated heterocycles. The molecule has 0 aliphatic heterocycles. The normalized spacial score (nSPS) is 11.9. The summed E-state index contributed by atoms with van der Waals surface area (Å²) in [6.45, 7) is 12.4. The molecule has 0 bridgehead atoms. The summed E-state index contributed by atoms with van der Waals surface area (Å²) in [6.07, 6.45) is 0. The number of aromatic nitrogens is 1. The summed E-state index contributed by atoms with van der Waals surface area (Å²) in [5.74, 6) is 0. The summed E-state index contributed by atoms with van der Waals surface area (Å²) in [5.41, 5.74) is 10.3. The van der Waals surface area contributed by atoms with E-state index >= 15 is 0 Å². The predicted octanol–water partition coefficient (Wildman–Crippen LogP) is 8.37. The molecule has 0 aliphatic rings. The second-order valence-electron chi connectivity index (χ2n) is 7.33. The third-order valence-corrected chi connectivity index (χ3v) is 4.93. The molecule has 0 unspecified atom stereocenters. The third kappa shape index (κ3) is 7.48. The van der Waals surface area contributed by atoms with E-state index in [0.717, 1.165) is 34.2 Å². The molecule has 31 heavy (non-hydrogen) atoms. The van der Waals surface area contributed by atoms with Crippen molar-refractivity contribution in [3.63, 3.8) is 0 Å². The van der Waals surface area contributed by atoms with Crippen molar-refractivity contribution >= 4 is 63.5 Å². The van der Waals surface area contributed by atoms with E-state index in [-0.39, 0.29) is 0 Å². The molecule has 3 rings (SSSR count). The van der Waals surface area contributed by atoms with Crippen LogP contribution in [0.3, 0.4) is 0 Å². The second-order valence-corrected chi connectivity index (χ2v) is 16.7. The van der Waals surface area contributed by atoms with Crippen LogP contribution in [0.5, 0.6) is 0 Å². The van der Waals surface area contributed by atoms with Gasteiger partial charge in [-0.1, -0.05) is 42.5 Å². The number of hydrogen-bond acceptors (Lipinski definition) is 3. The van der Waals surface area contributed by atoms with E-state index in [1.807, 2.05) is 32.0 Å². The fourth-order valence-electron chi connectivity index (χ4n) is 3.25. The number of benzene rings is 2. The quantitative estimate of drug-likeness (QED) is 0.155. The summed E-state index contributed by atoms with van der Waals surface area (Å²) in [6, 6.07) is 18.5. The Kier molecular flexibility index (Phi) is 10.8. The maximum atomic E-state index is 4.86. The number of nitrogens with zero attached hydrogens (tertiary/aromatic N) is 3. The van der Waals surface area contributed by atoms with E-state index in [1.165, 1.54) is 30.7 Å². The summed E-state index contributed by atoms with van der Waals surface area (Å²) in [4.78, 5) is 14.5. The molecule has 164 valence electrons. The van der Waals surface area contributed by atoms with Gasteiger partial charge in [0.2, 0.25) is 0 Å². The van der Waals surface area contributed by atoms with E-state index in [0.29, 0.717) is 0 Å². The number of rotatable bonds is 4. The number of halogens is 2. The fraction of sp³-hybridized carbons (Fsp3) is 0.240. The van der Waals surface area contributed by atoms with Crippen LogP contribution in [-0.4, -0.2) is 16.4 Å². The van der Waals surface area contributed by atoms with E-state index in [1.54, 1.807) is 0 Å². The molecule has 6 heteroatoms. The van der Waals surface area contributed by atoms with E-state index < -0.39 is 0 Å². The van der Waals surface area contributed by atoms with Crippen molar-refractivity contribution < 1.29 is 8.46 Å². The van der Waals surface area contributed by atoms with Gasteiger partial charge in [-0.25, -0.2) is 4.98 Å². The molecular weight excluding hydrogens is 652 g/mol. The SMILES string of the molecule is CC(=Nc1c(C)cccc1C)c1cccc(C(C)=Nc2c(C)cccc2C)n1.[I][Fe][I]. The summed E-state index contributed by atoms with van der Waals surface area (Å²) in [5, 5.41) is 0. The van der Waals surface area contributed by atoms with Gasteiger partial charge in [0, 0.05) is 0 Å². The van der Waals surface area contributed by atoms with Crippen LogP contribution < -0.4 is 0 Å². The van der Waals surface area contributed by atoms with Crippen molar-refractivity contribution in [1.29, 1.82) is 0 Å². The molecule has 0 radical (unpaired) electrons. The van der Waals surface area contributed by atoms with Crippen molar-refractivity contribution in [1.82, 2.24) is 4.98 Å². The van der Waals surface area contributed by atoms with Crippen molar-refractivity contribution in [3.8, 4) is 0 Å². The first kappa shape index (κ1) is 26.2. The Bertz CT molecular complexity index is 984. The molecule has 2 aromatic carbocycles. The van der Waals surface area contributed by atoms with Gasteiger partial charge in [0.25, 0.3) is 0 Å². The third-order valence-electron chi connectivity index (χ3n) is 4.93. The molecule has 0 fully saturated rings. The van der Waals surface area contributed by atoms with Crippen LogP contribution in [0.25, 0.3) is 0 Å². The molecule has 0 saturated carbocycles. The maximum absolute atomic E-state index is 4.86. The Morgan fingerprint density at radius 1 is 0.645 bits per heavy atom. The summed E-state index contributed by atoms with van der Waals surface area (Å²) >= 11 is 4.55. The first-order valence-corrected chi connectivity index (χ1v) is 17.0. The summed E-state index contributed by atoms with van der Waals surface area (Å²) < 4.78 is 0. The molecule has 0 N–H and O–H groups in total. The zero-order valence-electron chi connectivity index (χ0n) is 18.6. The first-order chi connectivity index (χ1) is 14.8. The monoisotopic (exact) mass is 679 g/mol. The van der Waals surface area contributed by atoms with Gasteiger partial charge in [0.1, 0.15) is 0 Å². The van der Waals surface area contributed by atoms with Gasteiger partial charge in [-0.3, -0.25) is 9.98 Å². The van der Waals surface area contributed by atoms with Crippen LogP contribution in [0.1, 0.15) is 47.5 Å². The van der Waals surface area contributed by atoms with Gasteiger partial charge in [-0.15, -0.1) is 0 Å². The van der Waals surface area contributed by atoms with E-state index in [4.69, 9.17) is 15.0 Å². The van der Waals surface area contributed by atoms with Crippen molar-refractivity contribution in [3.05, 3.63) is 88.2 Å². The number of para-hydroxylation sites is 2. The molecule has 1 heterocycles. The topological polar surface area (TPSA) is 37.6 Å². The Hall–Kier alpha value is -1.09. The Morgan fingerprint density at radius 2 is 0.935 bits per heavy atom. The van der Waals surface area contributed by atoms with Crippen LogP contribution in [0.2, 0.25) is 0 Å². The predicted molar refractivity (Wildman–Crippen MR) is 148 cm³/mol. The van der Waals surface area contributed by atoms with Crippen molar-refractivity contribution in [2.75, 3.05) is 0 Å². The van der Waals surface area contributed by atoms with Gasteiger partial charge >= 0.3 is 49.1 Å². The molecule has 3 nitrogen and oxygen atoms in total. The molecular formula is C25H27FeI2N3. The molecule has 0 amide bonds. The zero-order chi connectivity index (χ0) is 23.0. The zero-order valence-corrected chi connectivity index (χ0v) is 24.1.